The molecule has 0 fully saturated rings. The van der Waals surface area contributed by atoms with E-state index in [2.05, 4.69) is 31.9 Å². The van der Waals surface area contributed by atoms with Gasteiger partial charge < -0.3 is 0 Å². The first kappa shape index (κ1) is 29.3. The number of carbonyl (C=O) groups is 2. The van der Waals surface area contributed by atoms with E-state index in [0.717, 1.165) is 7.78 Å². The molecule has 1 amide bonds. The van der Waals surface area contributed by atoms with E-state index >= 15 is 0 Å². The van der Waals surface area contributed by atoms with Gasteiger partial charge in [0.05, 0.1) is 0 Å². The van der Waals surface area contributed by atoms with Gasteiger partial charge in [-0.2, -0.15) is 0 Å². The van der Waals surface area contributed by atoms with Crippen molar-refractivity contribution in [2.24, 2.45) is 22.6 Å². The quantitative estimate of drug-likeness (QED) is 0.132. The number of benzene rings is 1. The number of Topliss-reactive ketones (excluding diaryl/α,β-unsaturated/α-hetero) is 1. The van der Waals surface area contributed by atoms with Crippen molar-refractivity contribution in [2.75, 3.05) is 13.1 Å². The first-order valence-electron chi connectivity index (χ1n) is 10.6. The molecular weight excluding hydrogens is 672 g/mol. The van der Waals surface area contributed by atoms with Gasteiger partial charge in [0.15, 0.2) is 0 Å². The van der Waals surface area contributed by atoms with Gasteiger partial charge in [-0.05, 0) is 0 Å². The average Bonchev–Trinajstić information content (AvgIpc) is 3.16. The Labute approximate surface area is 233 Å². The molecule has 2 rings (SSSR count). The molecule has 0 aliphatic carbocycles. The van der Waals surface area contributed by atoms with E-state index in [1.807, 2.05) is 39.8 Å². The molecule has 5 nitrogen and oxygen atoms in total. The Kier molecular flexibility index (Phi) is 11.6. The molecule has 1 aromatic carbocycles. The summed E-state index contributed by atoms with van der Waals surface area (Å²) in [4.78, 5) is 32.4. The van der Waals surface area contributed by atoms with Crippen LogP contribution >= 0.6 is 55.1 Å². The standard InChI is InChI=1S/C24H27Br2Cl2N3O2Se/c1-13(2)11-31(12-14(3)4)21(33)10-18(32)23(29)22(26)24(19-7-8-20(25)34-19)30-17-6-5-15(27)9-16(17)28/h5-9,13-14H,10-12,29H2,1-4H3/b23-22+,30-24?. The number of nitrogens with two attached hydrogens (primary N) is 1. The van der Waals surface area contributed by atoms with Crippen LogP contribution < -0.4 is 5.73 Å². The molecule has 10 heteroatoms. The van der Waals surface area contributed by atoms with Crippen LogP contribution in [0.25, 0.3) is 0 Å². The fourth-order valence-corrected chi connectivity index (χ4v) is 6.93. The Morgan fingerprint density at radius 1 is 1.09 bits per heavy atom. The fraction of sp³-hybridized carbons (Fsp3) is 0.375. The van der Waals surface area contributed by atoms with Gasteiger partial charge in [-0.25, -0.2) is 0 Å². The first-order chi connectivity index (χ1) is 15.9. The van der Waals surface area contributed by atoms with E-state index in [9.17, 15) is 9.59 Å². The fourth-order valence-electron chi connectivity index (χ4n) is 3.10. The number of hydrogen-bond donors (Lipinski definition) is 1. The number of aliphatic imine (C=N–C) groups is 1. The van der Waals surface area contributed by atoms with Crippen LogP contribution in [0.3, 0.4) is 0 Å². The second-order valence-electron chi connectivity index (χ2n) is 8.57. The second kappa shape index (κ2) is 13.4. The molecule has 0 atom stereocenters. The molecule has 2 N–H and O–H groups in total. The normalized spacial score (nSPS) is 12.8. The number of ketones is 1. The van der Waals surface area contributed by atoms with Crippen LogP contribution in [0.15, 0.2) is 48.9 Å². The van der Waals surface area contributed by atoms with Crippen LogP contribution in [0, 0.1) is 11.8 Å². The molecule has 184 valence electrons. The Bertz CT molecular complexity index is 1100. The predicted octanol–water partition coefficient (Wildman–Crippen LogP) is 6.60. The van der Waals surface area contributed by atoms with Crippen LogP contribution in [0.5, 0.6) is 0 Å². The number of rotatable bonds is 10. The molecular formula is C24H27Br2Cl2N3O2Se. The molecule has 2 aromatic rings. The number of nitrogens with zero attached hydrogens (tertiary/aromatic N) is 2. The maximum atomic E-state index is 13.0. The molecule has 0 spiro atoms. The third-order valence-corrected chi connectivity index (χ3v) is 8.82. The van der Waals surface area contributed by atoms with E-state index in [1.165, 1.54) is 0 Å². The summed E-state index contributed by atoms with van der Waals surface area (Å²) < 4.78 is 2.27. The van der Waals surface area contributed by atoms with E-state index in [4.69, 9.17) is 33.9 Å². The summed E-state index contributed by atoms with van der Waals surface area (Å²) in [7, 11) is 0. The van der Waals surface area contributed by atoms with Crippen LogP contribution in [-0.4, -0.2) is 49.9 Å². The van der Waals surface area contributed by atoms with Crippen LogP contribution in [0.1, 0.15) is 38.6 Å². The van der Waals surface area contributed by atoms with Gasteiger partial charge in [-0.15, -0.1) is 0 Å². The van der Waals surface area contributed by atoms with Crippen molar-refractivity contribution in [3.63, 3.8) is 0 Å². The molecule has 1 heterocycles. The molecule has 0 radical (unpaired) electrons. The minimum absolute atomic E-state index is 0.0500. The zero-order valence-corrected chi connectivity index (χ0v) is 25.8. The first-order valence-corrected chi connectivity index (χ1v) is 14.7. The third-order valence-electron chi connectivity index (χ3n) is 4.53. The Hall–Kier alpha value is -0.891. The van der Waals surface area contributed by atoms with Crippen molar-refractivity contribution in [3.05, 3.63) is 58.3 Å². The van der Waals surface area contributed by atoms with Crippen LogP contribution in [-0.2, 0) is 9.59 Å². The topological polar surface area (TPSA) is 75.8 Å². The monoisotopic (exact) mass is 697 g/mol. The number of carbonyl (C=O) groups excluding carboxylic acids is 2. The van der Waals surface area contributed by atoms with Gasteiger partial charge in [0, 0.05) is 0 Å². The summed E-state index contributed by atoms with van der Waals surface area (Å²) in [6, 6.07) is 8.85. The molecule has 1 aromatic heterocycles. The van der Waals surface area contributed by atoms with Gasteiger partial charge >= 0.3 is 235 Å². The van der Waals surface area contributed by atoms with Gasteiger partial charge in [0.1, 0.15) is 0 Å². The van der Waals surface area contributed by atoms with Crippen molar-refractivity contribution in [1.82, 2.24) is 4.90 Å². The Morgan fingerprint density at radius 2 is 1.71 bits per heavy atom. The molecule has 0 saturated heterocycles. The minimum atomic E-state index is -0.456. The van der Waals surface area contributed by atoms with E-state index < -0.39 is 5.78 Å². The van der Waals surface area contributed by atoms with Crippen LogP contribution in [0.2, 0.25) is 10.0 Å². The molecule has 0 bridgehead atoms. The van der Waals surface area contributed by atoms with Gasteiger partial charge in [0.25, 0.3) is 0 Å². The second-order valence-corrected chi connectivity index (χ2v) is 14.5. The summed E-state index contributed by atoms with van der Waals surface area (Å²) in [5, 5.41) is 0.871. The molecule has 0 saturated carbocycles. The summed E-state index contributed by atoms with van der Waals surface area (Å²) >= 11 is 19.3. The van der Waals surface area contributed by atoms with Crippen molar-refractivity contribution in [1.29, 1.82) is 0 Å². The van der Waals surface area contributed by atoms with Gasteiger partial charge in [-0.3, -0.25) is 0 Å². The number of allylic oxidation sites excluding steroid dienone is 2. The van der Waals surface area contributed by atoms with E-state index in [-0.39, 0.29) is 32.5 Å². The zero-order chi connectivity index (χ0) is 25.6. The predicted molar refractivity (Wildman–Crippen MR) is 150 cm³/mol. The summed E-state index contributed by atoms with van der Waals surface area (Å²) in [6.07, 6.45) is -0.304. The number of hydrogen-bond acceptors (Lipinski definition) is 4. The molecule has 34 heavy (non-hydrogen) atoms. The summed E-state index contributed by atoms with van der Waals surface area (Å²) in [5.74, 6) is -0.100. The van der Waals surface area contributed by atoms with Crippen molar-refractivity contribution in [2.45, 2.75) is 34.1 Å². The molecule has 0 aliphatic heterocycles. The summed E-state index contributed by atoms with van der Waals surface area (Å²) in [5.41, 5.74) is 7.20. The maximum absolute atomic E-state index is 13.0. The van der Waals surface area contributed by atoms with E-state index in [0.29, 0.717) is 50.9 Å². The molecule has 0 unspecified atom stereocenters. The van der Waals surface area contributed by atoms with Gasteiger partial charge in [-0.1, -0.05) is 0 Å². The molecule has 0 aliphatic rings. The third kappa shape index (κ3) is 8.65. The van der Waals surface area contributed by atoms with E-state index in [1.54, 1.807) is 23.1 Å². The Morgan fingerprint density at radius 3 is 2.21 bits per heavy atom. The average molecular weight is 699 g/mol. The SMILES string of the molecule is CC(C)CN(CC(C)C)C(=O)CC(=O)/C(N)=C(\Br)C(=Nc1ccc(Cl)cc1Cl)c1ccc(Br)[se]1. The zero-order valence-electron chi connectivity index (χ0n) is 19.4. The number of halogens is 4. The van der Waals surface area contributed by atoms with Crippen molar-refractivity contribution >= 4 is 92.7 Å². The Balaban J connectivity index is 2.41. The number of amides is 1. The van der Waals surface area contributed by atoms with Crippen LogP contribution in [0.4, 0.5) is 5.69 Å². The van der Waals surface area contributed by atoms with Crippen molar-refractivity contribution < 1.29 is 9.59 Å². The van der Waals surface area contributed by atoms with Gasteiger partial charge in [0.2, 0.25) is 0 Å². The summed E-state index contributed by atoms with van der Waals surface area (Å²) in [6.45, 7) is 9.35. The van der Waals surface area contributed by atoms with Crippen molar-refractivity contribution in [3.8, 4) is 0 Å².